The van der Waals surface area contributed by atoms with Crippen molar-refractivity contribution in [1.29, 1.82) is 0 Å². The van der Waals surface area contributed by atoms with Gasteiger partial charge in [-0.3, -0.25) is 4.79 Å². The van der Waals surface area contributed by atoms with Gasteiger partial charge in [0.25, 0.3) is 5.91 Å². The number of carbonyl (C=O) groups excluding carboxylic acids is 1. The van der Waals surface area contributed by atoms with E-state index in [4.69, 9.17) is 23.2 Å². The van der Waals surface area contributed by atoms with Crippen molar-refractivity contribution in [3.8, 4) is 0 Å². The Kier molecular flexibility index (Phi) is 6.60. The van der Waals surface area contributed by atoms with Crippen LogP contribution in [-0.4, -0.2) is 53.9 Å². The average molecular weight is 346 g/mol. The highest BCUT2D eigenvalue weighted by Crippen LogP contribution is 2.24. The van der Waals surface area contributed by atoms with Crippen LogP contribution in [0.25, 0.3) is 0 Å². The Bertz CT molecular complexity index is 476. The van der Waals surface area contributed by atoms with Gasteiger partial charge < -0.3 is 14.8 Å². The second-order valence-corrected chi connectivity index (χ2v) is 6.98. The highest BCUT2D eigenvalue weighted by atomic mass is 35.5. The molecule has 0 bridgehead atoms. The number of halogens is 2. The number of unbranched alkanes of at least 4 members (excludes halogenated alkanes) is 1. The maximum atomic E-state index is 12.4. The molecule has 6 heteroatoms. The first-order chi connectivity index (χ1) is 10.5. The molecule has 2 rings (SSSR count). The standard InChI is InChI=1S/C16H25Cl2N3O/c1-3-4-7-20(2)11-12-5-8-21(9-6-12)16(22)14-10-13(17)15(18)19-14/h10,12,19H,3-9,11H2,1-2H3. The monoisotopic (exact) mass is 345 g/mol. The molecule has 0 aromatic carbocycles. The minimum Gasteiger partial charge on any atom is -0.340 e. The zero-order valence-electron chi connectivity index (χ0n) is 13.4. The van der Waals surface area contributed by atoms with Crippen molar-refractivity contribution in [2.45, 2.75) is 32.6 Å². The molecule has 2 heterocycles. The van der Waals surface area contributed by atoms with Gasteiger partial charge in [-0.05, 0) is 44.8 Å². The smallest absolute Gasteiger partial charge is 0.270 e. The Morgan fingerprint density at radius 1 is 1.41 bits per heavy atom. The summed E-state index contributed by atoms with van der Waals surface area (Å²) >= 11 is 11.8. The fraction of sp³-hybridized carbons (Fsp3) is 0.688. The first-order valence-corrected chi connectivity index (χ1v) is 8.78. The molecule has 0 spiro atoms. The van der Waals surface area contributed by atoms with Gasteiger partial charge in [0.1, 0.15) is 10.8 Å². The number of H-pyrrole nitrogens is 1. The van der Waals surface area contributed by atoms with Crippen LogP contribution in [-0.2, 0) is 0 Å². The molecule has 1 fully saturated rings. The molecule has 1 aromatic rings. The number of rotatable bonds is 6. The van der Waals surface area contributed by atoms with E-state index in [1.54, 1.807) is 6.07 Å². The van der Waals surface area contributed by atoms with Gasteiger partial charge in [-0.1, -0.05) is 36.5 Å². The molecule has 22 heavy (non-hydrogen) atoms. The molecule has 1 aliphatic rings. The van der Waals surface area contributed by atoms with Gasteiger partial charge in [0.2, 0.25) is 0 Å². The zero-order valence-corrected chi connectivity index (χ0v) is 14.9. The SMILES string of the molecule is CCCCN(C)CC1CCN(C(=O)c2cc(Cl)c(Cl)[nH]2)CC1. The number of piperidine rings is 1. The molecule has 1 saturated heterocycles. The maximum Gasteiger partial charge on any atom is 0.270 e. The lowest BCUT2D eigenvalue weighted by atomic mass is 9.96. The molecular weight excluding hydrogens is 321 g/mol. The number of hydrogen-bond donors (Lipinski definition) is 1. The second-order valence-electron chi connectivity index (χ2n) is 6.20. The van der Waals surface area contributed by atoms with E-state index in [2.05, 4.69) is 23.9 Å². The van der Waals surface area contributed by atoms with Crippen LogP contribution < -0.4 is 0 Å². The predicted molar refractivity (Wildman–Crippen MR) is 91.8 cm³/mol. The van der Waals surface area contributed by atoms with E-state index < -0.39 is 0 Å². The van der Waals surface area contributed by atoms with Crippen molar-refractivity contribution in [3.63, 3.8) is 0 Å². The number of nitrogens with one attached hydrogen (secondary N) is 1. The van der Waals surface area contributed by atoms with Gasteiger partial charge in [0, 0.05) is 19.6 Å². The summed E-state index contributed by atoms with van der Waals surface area (Å²) in [6, 6.07) is 1.61. The van der Waals surface area contributed by atoms with Gasteiger partial charge >= 0.3 is 0 Å². The number of carbonyl (C=O) groups is 1. The maximum absolute atomic E-state index is 12.4. The zero-order chi connectivity index (χ0) is 16.1. The summed E-state index contributed by atoms with van der Waals surface area (Å²) in [4.78, 5) is 19.5. The van der Waals surface area contributed by atoms with Gasteiger partial charge in [-0.25, -0.2) is 0 Å². The summed E-state index contributed by atoms with van der Waals surface area (Å²) in [5.74, 6) is 0.674. The normalized spacial score (nSPS) is 16.5. The lowest BCUT2D eigenvalue weighted by Crippen LogP contribution is -2.41. The van der Waals surface area contributed by atoms with Crippen molar-refractivity contribution in [2.75, 3.05) is 33.2 Å². The Balaban J connectivity index is 1.80. The molecule has 4 nitrogen and oxygen atoms in total. The van der Waals surface area contributed by atoms with E-state index >= 15 is 0 Å². The molecule has 124 valence electrons. The molecule has 0 aliphatic carbocycles. The molecule has 0 radical (unpaired) electrons. The Morgan fingerprint density at radius 2 is 2.09 bits per heavy atom. The molecule has 1 aliphatic heterocycles. The summed E-state index contributed by atoms with van der Waals surface area (Å²) in [5.41, 5.74) is 0.480. The summed E-state index contributed by atoms with van der Waals surface area (Å²) in [7, 11) is 2.19. The van der Waals surface area contributed by atoms with Gasteiger partial charge in [0.05, 0.1) is 5.02 Å². The summed E-state index contributed by atoms with van der Waals surface area (Å²) in [6.45, 7) is 6.12. The Hall–Kier alpha value is -0.710. The van der Waals surface area contributed by atoms with E-state index in [0.717, 1.165) is 39.0 Å². The average Bonchev–Trinajstić information content (AvgIpc) is 2.85. The Morgan fingerprint density at radius 3 is 2.64 bits per heavy atom. The van der Waals surface area contributed by atoms with Crippen LogP contribution in [0.15, 0.2) is 6.07 Å². The number of nitrogens with zero attached hydrogens (tertiary/aromatic N) is 2. The molecule has 1 N–H and O–H groups in total. The molecule has 0 unspecified atom stereocenters. The number of amides is 1. The third-order valence-electron chi connectivity index (χ3n) is 4.32. The number of likely N-dealkylation sites (tertiary alicyclic amines) is 1. The molecule has 0 atom stereocenters. The number of aromatic amines is 1. The third kappa shape index (κ3) is 4.64. The quantitative estimate of drug-likeness (QED) is 0.848. The van der Waals surface area contributed by atoms with Gasteiger partial charge in [-0.15, -0.1) is 0 Å². The summed E-state index contributed by atoms with van der Waals surface area (Å²) in [5, 5.41) is 0.731. The number of hydrogen-bond acceptors (Lipinski definition) is 2. The lowest BCUT2D eigenvalue weighted by Gasteiger charge is -2.33. The number of aromatic nitrogens is 1. The van der Waals surface area contributed by atoms with Crippen molar-refractivity contribution in [1.82, 2.24) is 14.8 Å². The van der Waals surface area contributed by atoms with Crippen molar-refractivity contribution < 1.29 is 4.79 Å². The minimum absolute atomic E-state index is 0.00779. The predicted octanol–water partition coefficient (Wildman–Crippen LogP) is 3.91. The van der Waals surface area contributed by atoms with E-state index in [1.807, 2.05) is 4.90 Å². The third-order valence-corrected chi connectivity index (χ3v) is 5.01. The van der Waals surface area contributed by atoms with Gasteiger partial charge in [0.15, 0.2) is 0 Å². The van der Waals surface area contributed by atoms with Crippen LogP contribution in [0, 0.1) is 5.92 Å². The summed E-state index contributed by atoms with van der Waals surface area (Å²) < 4.78 is 0. The van der Waals surface area contributed by atoms with Crippen LogP contribution in [0.3, 0.4) is 0 Å². The van der Waals surface area contributed by atoms with Crippen molar-refractivity contribution >= 4 is 29.1 Å². The molecule has 1 amide bonds. The van der Waals surface area contributed by atoms with E-state index in [-0.39, 0.29) is 5.91 Å². The second kappa shape index (κ2) is 8.23. The molecule has 0 saturated carbocycles. The Labute approximate surface area is 142 Å². The van der Waals surface area contributed by atoms with Crippen LogP contribution in [0.4, 0.5) is 0 Å². The van der Waals surface area contributed by atoms with Gasteiger partial charge in [-0.2, -0.15) is 0 Å². The lowest BCUT2D eigenvalue weighted by molar-refractivity contribution is 0.0668. The van der Waals surface area contributed by atoms with Crippen LogP contribution in [0.5, 0.6) is 0 Å². The highest BCUT2D eigenvalue weighted by Gasteiger charge is 2.25. The molecule has 1 aromatic heterocycles. The summed E-state index contributed by atoms with van der Waals surface area (Å²) in [6.07, 6.45) is 4.61. The topological polar surface area (TPSA) is 39.3 Å². The highest BCUT2D eigenvalue weighted by molar-refractivity contribution is 6.41. The fourth-order valence-electron chi connectivity index (χ4n) is 2.97. The minimum atomic E-state index is -0.00779. The fourth-order valence-corrected chi connectivity index (χ4v) is 3.28. The van der Waals surface area contributed by atoms with Crippen LogP contribution in [0.1, 0.15) is 43.1 Å². The first-order valence-electron chi connectivity index (χ1n) is 8.03. The van der Waals surface area contributed by atoms with E-state index in [0.29, 0.717) is 21.8 Å². The largest absolute Gasteiger partial charge is 0.340 e. The van der Waals surface area contributed by atoms with E-state index in [1.165, 1.54) is 12.8 Å². The van der Waals surface area contributed by atoms with Crippen LogP contribution in [0.2, 0.25) is 10.2 Å². The van der Waals surface area contributed by atoms with E-state index in [9.17, 15) is 4.79 Å². The molecular formula is C16H25Cl2N3O. The van der Waals surface area contributed by atoms with Crippen molar-refractivity contribution in [2.24, 2.45) is 5.92 Å². The van der Waals surface area contributed by atoms with Crippen molar-refractivity contribution in [3.05, 3.63) is 21.9 Å². The first kappa shape index (κ1) is 17.6. The van der Waals surface area contributed by atoms with Crippen LogP contribution >= 0.6 is 23.2 Å².